The van der Waals surface area contributed by atoms with Gasteiger partial charge in [-0.15, -0.1) is 0 Å². The third-order valence-electron chi connectivity index (χ3n) is 2.20. The van der Waals surface area contributed by atoms with Crippen molar-refractivity contribution < 1.29 is 5.11 Å². The highest BCUT2D eigenvalue weighted by atomic mass is 35.5. The van der Waals surface area contributed by atoms with E-state index < -0.39 is 0 Å². The highest BCUT2D eigenvalue weighted by Crippen LogP contribution is 2.16. The van der Waals surface area contributed by atoms with Crippen LogP contribution in [0.25, 0.3) is 0 Å². The summed E-state index contributed by atoms with van der Waals surface area (Å²) in [4.78, 5) is 0. The van der Waals surface area contributed by atoms with Crippen molar-refractivity contribution in [3.05, 3.63) is 16.9 Å². The van der Waals surface area contributed by atoms with Gasteiger partial charge in [-0.1, -0.05) is 18.5 Å². The molecule has 0 spiro atoms. The third kappa shape index (κ3) is 2.71. The summed E-state index contributed by atoms with van der Waals surface area (Å²) in [7, 11) is 1.86. The quantitative estimate of drug-likeness (QED) is 0.809. The number of aliphatic hydroxyl groups is 1. The Balaban J connectivity index is 2.53. The van der Waals surface area contributed by atoms with Crippen molar-refractivity contribution in [3.8, 4) is 0 Å². The fourth-order valence-corrected chi connectivity index (χ4v) is 1.49. The Bertz CT molecular complexity index is 253. The van der Waals surface area contributed by atoms with Gasteiger partial charge in [-0.25, -0.2) is 0 Å². The minimum Gasteiger partial charge on any atom is -0.393 e. The molecule has 0 amide bonds. The second-order valence-corrected chi connectivity index (χ2v) is 3.57. The summed E-state index contributed by atoms with van der Waals surface area (Å²) in [5.41, 5.74) is 0.995. The van der Waals surface area contributed by atoms with Crippen LogP contribution in [0.4, 0.5) is 0 Å². The molecule has 1 aromatic heterocycles. The standard InChI is InChI=1S/C9H15ClN2O/c1-3-7(13)4-5-9-8(10)6-11-12(9)2/h6-7,13H,3-5H2,1-2H3. The molecule has 4 heteroatoms. The number of aliphatic hydroxyl groups excluding tert-OH is 1. The zero-order valence-electron chi connectivity index (χ0n) is 8.00. The molecule has 1 N–H and O–H groups in total. The molecule has 0 aliphatic rings. The molecule has 3 nitrogen and oxygen atoms in total. The minimum absolute atomic E-state index is 0.231. The van der Waals surface area contributed by atoms with Crippen LogP contribution >= 0.6 is 11.6 Å². The smallest absolute Gasteiger partial charge is 0.0817 e. The predicted molar refractivity (Wildman–Crippen MR) is 52.8 cm³/mol. The van der Waals surface area contributed by atoms with E-state index in [1.165, 1.54) is 0 Å². The Kier molecular flexibility index (Phi) is 3.75. The van der Waals surface area contributed by atoms with Crippen molar-refractivity contribution in [3.63, 3.8) is 0 Å². The van der Waals surface area contributed by atoms with E-state index in [2.05, 4.69) is 5.10 Å². The lowest BCUT2D eigenvalue weighted by Gasteiger charge is -2.07. The summed E-state index contributed by atoms with van der Waals surface area (Å²) >= 11 is 5.91. The molecule has 0 bridgehead atoms. The van der Waals surface area contributed by atoms with Crippen molar-refractivity contribution >= 4 is 11.6 Å². The third-order valence-corrected chi connectivity index (χ3v) is 2.51. The van der Waals surface area contributed by atoms with E-state index in [1.54, 1.807) is 10.9 Å². The molecule has 0 aliphatic carbocycles. The van der Waals surface area contributed by atoms with Gasteiger partial charge in [0, 0.05) is 7.05 Å². The molecule has 0 aromatic carbocycles. The SMILES string of the molecule is CCC(O)CCc1c(Cl)cnn1C. The zero-order chi connectivity index (χ0) is 9.84. The molecule has 1 unspecified atom stereocenters. The van der Waals surface area contributed by atoms with Gasteiger partial charge >= 0.3 is 0 Å². The summed E-state index contributed by atoms with van der Waals surface area (Å²) in [6.07, 6.45) is 3.72. The summed E-state index contributed by atoms with van der Waals surface area (Å²) in [5.74, 6) is 0. The van der Waals surface area contributed by atoms with Crippen LogP contribution in [-0.2, 0) is 13.5 Å². The Morgan fingerprint density at radius 2 is 2.38 bits per heavy atom. The van der Waals surface area contributed by atoms with Crippen molar-refractivity contribution in [1.82, 2.24) is 9.78 Å². The fourth-order valence-electron chi connectivity index (χ4n) is 1.22. The van der Waals surface area contributed by atoms with E-state index in [0.717, 1.165) is 25.0 Å². The first-order chi connectivity index (χ1) is 6.15. The van der Waals surface area contributed by atoms with Crippen LogP contribution < -0.4 is 0 Å². The fraction of sp³-hybridized carbons (Fsp3) is 0.667. The maximum Gasteiger partial charge on any atom is 0.0817 e. The van der Waals surface area contributed by atoms with E-state index in [9.17, 15) is 5.11 Å². The normalized spacial score (nSPS) is 13.2. The second kappa shape index (κ2) is 4.63. The Morgan fingerprint density at radius 3 is 2.85 bits per heavy atom. The number of aryl methyl sites for hydroxylation is 1. The molecule has 1 aromatic rings. The van der Waals surface area contributed by atoms with Crippen molar-refractivity contribution in [2.75, 3.05) is 0 Å². The molecular formula is C9H15ClN2O. The van der Waals surface area contributed by atoms with Gasteiger partial charge in [0.05, 0.1) is 23.0 Å². The van der Waals surface area contributed by atoms with Gasteiger partial charge < -0.3 is 5.11 Å². The molecule has 0 aliphatic heterocycles. The topological polar surface area (TPSA) is 38.1 Å². The summed E-state index contributed by atoms with van der Waals surface area (Å²) in [6.45, 7) is 1.97. The van der Waals surface area contributed by atoms with Crippen LogP contribution in [0.3, 0.4) is 0 Å². The Hall–Kier alpha value is -0.540. The molecule has 13 heavy (non-hydrogen) atoms. The largest absolute Gasteiger partial charge is 0.393 e. The maximum atomic E-state index is 9.37. The van der Waals surface area contributed by atoms with Crippen LogP contribution in [0.2, 0.25) is 5.02 Å². The van der Waals surface area contributed by atoms with Crippen molar-refractivity contribution in [2.45, 2.75) is 32.3 Å². The van der Waals surface area contributed by atoms with Crippen molar-refractivity contribution in [2.24, 2.45) is 7.05 Å². The first kappa shape index (κ1) is 10.5. The average Bonchev–Trinajstić information content (AvgIpc) is 2.43. The first-order valence-corrected chi connectivity index (χ1v) is 4.87. The number of halogens is 1. The summed E-state index contributed by atoms with van der Waals surface area (Å²) < 4.78 is 1.75. The van der Waals surface area contributed by atoms with Crippen molar-refractivity contribution in [1.29, 1.82) is 0 Å². The number of nitrogens with zero attached hydrogens (tertiary/aromatic N) is 2. The van der Waals surface area contributed by atoms with E-state index in [4.69, 9.17) is 11.6 Å². The van der Waals surface area contributed by atoms with Crippen LogP contribution in [-0.4, -0.2) is 21.0 Å². The van der Waals surface area contributed by atoms with Crippen LogP contribution in [0.1, 0.15) is 25.5 Å². The van der Waals surface area contributed by atoms with Gasteiger partial charge in [0.15, 0.2) is 0 Å². The van der Waals surface area contributed by atoms with Gasteiger partial charge in [-0.2, -0.15) is 5.10 Å². The molecule has 1 rings (SSSR count). The second-order valence-electron chi connectivity index (χ2n) is 3.16. The molecule has 1 atom stereocenters. The molecule has 1 heterocycles. The zero-order valence-corrected chi connectivity index (χ0v) is 8.75. The first-order valence-electron chi connectivity index (χ1n) is 4.49. The van der Waals surface area contributed by atoms with Gasteiger partial charge in [-0.05, 0) is 19.3 Å². The lowest BCUT2D eigenvalue weighted by molar-refractivity contribution is 0.160. The summed E-state index contributed by atoms with van der Waals surface area (Å²) in [5, 5.41) is 14.1. The lowest BCUT2D eigenvalue weighted by Crippen LogP contribution is -2.08. The molecule has 0 radical (unpaired) electrons. The predicted octanol–water partition coefficient (Wildman–Crippen LogP) is 1.78. The van der Waals surface area contributed by atoms with Gasteiger partial charge in [0.25, 0.3) is 0 Å². The van der Waals surface area contributed by atoms with Crippen LogP contribution in [0.5, 0.6) is 0 Å². The van der Waals surface area contributed by atoms with E-state index in [-0.39, 0.29) is 6.10 Å². The molecule has 0 saturated heterocycles. The van der Waals surface area contributed by atoms with Crippen LogP contribution in [0.15, 0.2) is 6.20 Å². The maximum absolute atomic E-state index is 9.37. The lowest BCUT2D eigenvalue weighted by atomic mass is 10.1. The highest BCUT2D eigenvalue weighted by Gasteiger charge is 2.08. The minimum atomic E-state index is -0.231. The Labute approximate surface area is 83.3 Å². The van der Waals surface area contributed by atoms with Gasteiger partial charge in [0.2, 0.25) is 0 Å². The molecule has 0 fully saturated rings. The monoisotopic (exact) mass is 202 g/mol. The highest BCUT2D eigenvalue weighted by molar-refractivity contribution is 6.31. The Morgan fingerprint density at radius 1 is 1.69 bits per heavy atom. The number of aromatic nitrogens is 2. The van der Waals surface area contributed by atoms with E-state index in [0.29, 0.717) is 5.02 Å². The number of rotatable bonds is 4. The molecular weight excluding hydrogens is 188 g/mol. The number of hydrogen-bond acceptors (Lipinski definition) is 2. The van der Waals surface area contributed by atoms with E-state index in [1.807, 2.05) is 14.0 Å². The van der Waals surface area contributed by atoms with Crippen LogP contribution in [0, 0.1) is 0 Å². The van der Waals surface area contributed by atoms with Gasteiger partial charge in [-0.3, -0.25) is 4.68 Å². The average molecular weight is 203 g/mol. The molecule has 0 saturated carbocycles. The summed E-state index contributed by atoms with van der Waals surface area (Å²) in [6, 6.07) is 0. The van der Waals surface area contributed by atoms with E-state index >= 15 is 0 Å². The van der Waals surface area contributed by atoms with Gasteiger partial charge in [0.1, 0.15) is 0 Å². The number of hydrogen-bond donors (Lipinski definition) is 1. The molecule has 74 valence electrons.